The molecule has 0 aromatic carbocycles. The highest BCUT2D eigenvalue weighted by Gasteiger charge is 2.00. The first-order valence-corrected chi connectivity index (χ1v) is 4.60. The van der Waals surface area contributed by atoms with Crippen molar-refractivity contribution in [3.8, 4) is 0 Å². The predicted molar refractivity (Wildman–Crippen MR) is 55.4 cm³/mol. The van der Waals surface area contributed by atoms with Crippen molar-refractivity contribution in [2.75, 3.05) is 32.1 Å². The molecule has 1 aromatic heterocycles. The zero-order valence-electron chi connectivity index (χ0n) is 8.56. The van der Waals surface area contributed by atoms with Gasteiger partial charge in [0.05, 0.1) is 13.2 Å². The molecule has 1 aromatic rings. The summed E-state index contributed by atoms with van der Waals surface area (Å²) in [6, 6.07) is 3.49. The zero-order chi connectivity index (χ0) is 10.9. The summed E-state index contributed by atoms with van der Waals surface area (Å²) in [7, 11) is 1.59. The summed E-state index contributed by atoms with van der Waals surface area (Å²) in [6.07, 6.45) is 1.57. The Bertz CT molecular complexity index is 291. The minimum Gasteiger partial charge on any atom is -0.383 e. The minimum atomic E-state index is -0.0993. The van der Waals surface area contributed by atoms with Gasteiger partial charge in [-0.15, -0.1) is 5.10 Å². The Morgan fingerprint density at radius 3 is 3.13 bits per heavy atom. The maximum atomic E-state index is 11.2. The van der Waals surface area contributed by atoms with Gasteiger partial charge in [-0.2, -0.15) is 5.10 Å². The summed E-state index contributed by atoms with van der Waals surface area (Å²) in [5.74, 6) is 0.483. The lowest BCUT2D eigenvalue weighted by atomic mass is 10.5. The number of hydrogen-bond donors (Lipinski definition) is 2. The molecule has 0 fully saturated rings. The molecule has 15 heavy (non-hydrogen) atoms. The third-order valence-corrected chi connectivity index (χ3v) is 1.63. The number of hydrogen-bond acceptors (Lipinski definition) is 5. The quantitative estimate of drug-likeness (QED) is 0.628. The minimum absolute atomic E-state index is 0.0993. The number of nitrogens with zero attached hydrogens (tertiary/aromatic N) is 2. The number of rotatable bonds is 6. The average molecular weight is 210 g/mol. The van der Waals surface area contributed by atoms with E-state index in [4.69, 9.17) is 4.74 Å². The maximum Gasteiger partial charge on any atom is 0.239 e. The van der Waals surface area contributed by atoms with E-state index in [2.05, 4.69) is 20.8 Å². The Morgan fingerprint density at radius 2 is 2.47 bits per heavy atom. The molecule has 0 atom stereocenters. The molecule has 1 amide bonds. The normalized spacial score (nSPS) is 9.67. The zero-order valence-corrected chi connectivity index (χ0v) is 8.56. The molecule has 0 aliphatic rings. The van der Waals surface area contributed by atoms with Crippen LogP contribution in [0.3, 0.4) is 0 Å². The van der Waals surface area contributed by atoms with E-state index in [9.17, 15) is 4.79 Å². The molecule has 0 bridgehead atoms. The standard InChI is InChI=1S/C9H14N4O2/c1-15-6-5-10-9(14)7-11-8-3-2-4-12-13-8/h2-4H,5-7H2,1H3,(H,10,14)(H,11,13). The van der Waals surface area contributed by atoms with Crippen molar-refractivity contribution in [1.29, 1.82) is 0 Å². The van der Waals surface area contributed by atoms with Crippen molar-refractivity contribution in [3.63, 3.8) is 0 Å². The first kappa shape index (κ1) is 11.4. The van der Waals surface area contributed by atoms with Crippen LogP contribution in [-0.4, -0.2) is 42.9 Å². The Kier molecular flexibility index (Phi) is 5.10. The lowest BCUT2D eigenvalue weighted by Gasteiger charge is -2.05. The SMILES string of the molecule is COCCNC(=O)CNc1cccnn1. The second-order valence-electron chi connectivity index (χ2n) is 2.81. The molecule has 0 aliphatic carbocycles. The van der Waals surface area contributed by atoms with Crippen LogP contribution in [-0.2, 0) is 9.53 Å². The number of amides is 1. The van der Waals surface area contributed by atoms with Gasteiger partial charge in [-0.25, -0.2) is 0 Å². The molecule has 6 nitrogen and oxygen atoms in total. The van der Waals surface area contributed by atoms with Gasteiger partial charge in [-0.1, -0.05) is 0 Å². The van der Waals surface area contributed by atoms with E-state index in [1.165, 1.54) is 0 Å². The van der Waals surface area contributed by atoms with Gasteiger partial charge in [0.25, 0.3) is 0 Å². The van der Waals surface area contributed by atoms with E-state index in [1.807, 2.05) is 0 Å². The van der Waals surface area contributed by atoms with Crippen LogP contribution < -0.4 is 10.6 Å². The van der Waals surface area contributed by atoms with Crippen molar-refractivity contribution in [3.05, 3.63) is 18.3 Å². The Hall–Kier alpha value is -1.69. The summed E-state index contributed by atoms with van der Waals surface area (Å²) in [5, 5.41) is 13.0. The molecule has 0 radical (unpaired) electrons. The lowest BCUT2D eigenvalue weighted by Crippen LogP contribution is -2.32. The van der Waals surface area contributed by atoms with E-state index in [1.54, 1.807) is 25.4 Å². The number of carbonyl (C=O) groups excluding carboxylic acids is 1. The fourth-order valence-corrected chi connectivity index (χ4v) is 0.922. The van der Waals surface area contributed by atoms with E-state index in [0.29, 0.717) is 19.0 Å². The largest absolute Gasteiger partial charge is 0.383 e. The van der Waals surface area contributed by atoms with Gasteiger partial charge < -0.3 is 15.4 Å². The summed E-state index contributed by atoms with van der Waals surface area (Å²) in [6.45, 7) is 1.21. The summed E-state index contributed by atoms with van der Waals surface area (Å²) in [5.41, 5.74) is 0. The number of nitrogens with one attached hydrogen (secondary N) is 2. The summed E-state index contributed by atoms with van der Waals surface area (Å²) >= 11 is 0. The summed E-state index contributed by atoms with van der Waals surface area (Å²) < 4.78 is 4.80. The van der Waals surface area contributed by atoms with Gasteiger partial charge in [0.15, 0.2) is 0 Å². The number of methoxy groups -OCH3 is 1. The molecular formula is C9H14N4O2. The van der Waals surface area contributed by atoms with Gasteiger partial charge in [0, 0.05) is 19.9 Å². The van der Waals surface area contributed by atoms with Gasteiger partial charge in [0.2, 0.25) is 5.91 Å². The molecule has 0 spiro atoms. The van der Waals surface area contributed by atoms with Crippen LogP contribution in [0.2, 0.25) is 0 Å². The average Bonchev–Trinajstić information content (AvgIpc) is 2.28. The Morgan fingerprint density at radius 1 is 1.60 bits per heavy atom. The Labute approximate surface area is 88.0 Å². The second-order valence-corrected chi connectivity index (χ2v) is 2.81. The first-order chi connectivity index (χ1) is 7.33. The van der Waals surface area contributed by atoms with Crippen LogP contribution in [0.4, 0.5) is 5.82 Å². The maximum absolute atomic E-state index is 11.2. The fraction of sp³-hybridized carbons (Fsp3) is 0.444. The van der Waals surface area contributed by atoms with Crippen LogP contribution in [0.5, 0.6) is 0 Å². The van der Waals surface area contributed by atoms with Crippen LogP contribution in [0, 0.1) is 0 Å². The van der Waals surface area contributed by atoms with Gasteiger partial charge in [-0.3, -0.25) is 4.79 Å². The Balaban J connectivity index is 2.17. The van der Waals surface area contributed by atoms with E-state index in [-0.39, 0.29) is 12.5 Å². The van der Waals surface area contributed by atoms with Crippen molar-refractivity contribution < 1.29 is 9.53 Å². The van der Waals surface area contributed by atoms with Gasteiger partial charge in [0.1, 0.15) is 5.82 Å². The molecule has 0 unspecified atom stereocenters. The second kappa shape index (κ2) is 6.72. The number of ether oxygens (including phenoxy) is 1. The van der Waals surface area contributed by atoms with Crippen molar-refractivity contribution >= 4 is 11.7 Å². The van der Waals surface area contributed by atoms with E-state index >= 15 is 0 Å². The molecule has 82 valence electrons. The van der Waals surface area contributed by atoms with Crippen molar-refractivity contribution in [2.45, 2.75) is 0 Å². The van der Waals surface area contributed by atoms with E-state index in [0.717, 1.165) is 0 Å². The van der Waals surface area contributed by atoms with Crippen LogP contribution in [0.25, 0.3) is 0 Å². The van der Waals surface area contributed by atoms with Gasteiger partial charge in [-0.05, 0) is 12.1 Å². The van der Waals surface area contributed by atoms with Crippen LogP contribution >= 0.6 is 0 Å². The van der Waals surface area contributed by atoms with Crippen LogP contribution in [0.15, 0.2) is 18.3 Å². The van der Waals surface area contributed by atoms with Crippen LogP contribution in [0.1, 0.15) is 0 Å². The third-order valence-electron chi connectivity index (χ3n) is 1.63. The molecule has 1 rings (SSSR count). The fourth-order valence-electron chi connectivity index (χ4n) is 0.922. The smallest absolute Gasteiger partial charge is 0.239 e. The molecule has 1 heterocycles. The highest BCUT2D eigenvalue weighted by molar-refractivity contribution is 5.80. The molecule has 0 saturated heterocycles. The highest BCUT2D eigenvalue weighted by atomic mass is 16.5. The molecule has 2 N–H and O–H groups in total. The van der Waals surface area contributed by atoms with Crippen molar-refractivity contribution in [2.24, 2.45) is 0 Å². The highest BCUT2D eigenvalue weighted by Crippen LogP contribution is 1.95. The van der Waals surface area contributed by atoms with Gasteiger partial charge >= 0.3 is 0 Å². The van der Waals surface area contributed by atoms with Crippen molar-refractivity contribution in [1.82, 2.24) is 15.5 Å². The molecule has 0 saturated carbocycles. The number of aromatic nitrogens is 2. The predicted octanol–water partition coefficient (Wildman–Crippen LogP) is -0.349. The topological polar surface area (TPSA) is 76.1 Å². The number of carbonyl (C=O) groups is 1. The first-order valence-electron chi connectivity index (χ1n) is 4.60. The number of anilines is 1. The third kappa shape index (κ3) is 4.92. The van der Waals surface area contributed by atoms with E-state index < -0.39 is 0 Å². The molecule has 6 heteroatoms. The monoisotopic (exact) mass is 210 g/mol. The lowest BCUT2D eigenvalue weighted by molar-refractivity contribution is -0.119. The molecule has 0 aliphatic heterocycles. The summed E-state index contributed by atoms with van der Waals surface area (Å²) in [4.78, 5) is 11.2. The molecular weight excluding hydrogens is 196 g/mol.